The van der Waals surface area contributed by atoms with Crippen LogP contribution in [0.15, 0.2) is 29.8 Å². The van der Waals surface area contributed by atoms with Crippen LogP contribution < -0.4 is 4.74 Å². The lowest BCUT2D eigenvalue weighted by atomic mass is 9.57. The summed E-state index contributed by atoms with van der Waals surface area (Å²) in [5, 5.41) is 10.7. The summed E-state index contributed by atoms with van der Waals surface area (Å²) in [7, 11) is 1.49. The van der Waals surface area contributed by atoms with Gasteiger partial charge in [0.1, 0.15) is 0 Å². The summed E-state index contributed by atoms with van der Waals surface area (Å²) in [6, 6.07) is 5.11. The van der Waals surface area contributed by atoms with E-state index in [1.165, 1.54) is 7.11 Å². The highest BCUT2D eigenvalue weighted by atomic mass is 16.5. The predicted octanol–water partition coefficient (Wildman–Crippen LogP) is 4.70. The highest BCUT2D eigenvalue weighted by Gasteiger charge is 2.63. The van der Waals surface area contributed by atoms with Crippen LogP contribution in [0, 0.1) is 29.6 Å². The van der Waals surface area contributed by atoms with E-state index in [-0.39, 0.29) is 47.4 Å². The van der Waals surface area contributed by atoms with Gasteiger partial charge in [-0.3, -0.25) is 29.0 Å². The maximum Gasteiger partial charge on any atom is 0.234 e. The molecule has 0 spiro atoms. The number of amides is 4. The van der Waals surface area contributed by atoms with E-state index in [1.54, 1.807) is 21.9 Å². The second-order valence-electron chi connectivity index (χ2n) is 13.1. The first-order valence-corrected chi connectivity index (χ1v) is 15.7. The van der Waals surface area contributed by atoms with Crippen molar-refractivity contribution in [2.24, 2.45) is 29.6 Å². The third kappa shape index (κ3) is 4.07. The van der Waals surface area contributed by atoms with E-state index in [1.807, 2.05) is 6.07 Å². The number of aromatic hydroxyl groups is 1. The normalized spacial score (nSPS) is 34.4. The Morgan fingerprint density at radius 2 is 1.32 bits per heavy atom. The fraction of sp³-hybridized carbons (Fsp3) is 0.636. The molecule has 0 bridgehead atoms. The molecule has 1 N–H and O–H groups in total. The molecule has 8 nitrogen and oxygen atoms in total. The van der Waals surface area contributed by atoms with Crippen LogP contribution in [0.5, 0.6) is 11.5 Å². The van der Waals surface area contributed by atoms with Gasteiger partial charge in [-0.2, -0.15) is 0 Å². The van der Waals surface area contributed by atoms with Crippen molar-refractivity contribution in [1.29, 1.82) is 0 Å². The van der Waals surface area contributed by atoms with Gasteiger partial charge < -0.3 is 9.84 Å². The number of nitrogens with zero attached hydrogens (tertiary/aromatic N) is 2. The molecule has 0 aromatic heterocycles. The zero-order chi connectivity index (χ0) is 28.4. The molecule has 3 saturated carbocycles. The van der Waals surface area contributed by atoms with E-state index in [2.05, 4.69) is 6.08 Å². The molecule has 0 radical (unpaired) electrons. The number of allylic oxidation sites excluding steroid dienone is 2. The lowest BCUT2D eigenvalue weighted by Gasteiger charge is -2.44. The maximum absolute atomic E-state index is 14.2. The summed E-state index contributed by atoms with van der Waals surface area (Å²) in [6.07, 6.45) is 12.7. The molecule has 41 heavy (non-hydrogen) atoms. The minimum absolute atomic E-state index is 0.0190. The second kappa shape index (κ2) is 10.3. The number of ether oxygens (including phenoxy) is 1. The zero-order valence-corrected chi connectivity index (χ0v) is 23.8. The first-order valence-electron chi connectivity index (χ1n) is 15.7. The smallest absolute Gasteiger partial charge is 0.234 e. The van der Waals surface area contributed by atoms with E-state index < -0.39 is 29.6 Å². The van der Waals surface area contributed by atoms with Crippen molar-refractivity contribution in [2.45, 2.75) is 95.1 Å². The Bertz CT molecular complexity index is 1310. The number of imide groups is 2. The summed E-state index contributed by atoms with van der Waals surface area (Å²) in [5.74, 6) is -2.77. The topological polar surface area (TPSA) is 104 Å². The Labute approximate surface area is 241 Å². The van der Waals surface area contributed by atoms with Gasteiger partial charge in [-0.1, -0.05) is 56.2 Å². The van der Waals surface area contributed by atoms with Gasteiger partial charge in [0.15, 0.2) is 11.5 Å². The lowest BCUT2D eigenvalue weighted by molar-refractivity contribution is -0.145. The van der Waals surface area contributed by atoms with E-state index in [4.69, 9.17) is 4.74 Å². The molecule has 5 fully saturated rings. The minimum Gasteiger partial charge on any atom is -0.504 e. The van der Waals surface area contributed by atoms with Crippen LogP contribution in [0.2, 0.25) is 0 Å². The molecule has 0 unspecified atom stereocenters. The number of likely N-dealkylation sites (tertiary alicyclic amines) is 2. The molecular formula is C33H40N2O6. The van der Waals surface area contributed by atoms with Crippen molar-refractivity contribution < 1.29 is 29.0 Å². The van der Waals surface area contributed by atoms with Crippen molar-refractivity contribution in [2.75, 3.05) is 7.11 Å². The molecule has 1 aromatic carbocycles. The van der Waals surface area contributed by atoms with Crippen LogP contribution >= 0.6 is 0 Å². The fourth-order valence-electron chi connectivity index (χ4n) is 9.31. The first kappa shape index (κ1) is 26.7. The molecule has 2 aliphatic heterocycles. The van der Waals surface area contributed by atoms with Crippen LogP contribution in [-0.2, 0) is 19.2 Å². The van der Waals surface area contributed by atoms with Crippen molar-refractivity contribution in [3.63, 3.8) is 0 Å². The SMILES string of the molecule is COc1ccc([C@H]2C3=CC[C@@H]4C(=O)N(C5CCCCC5)C(=O)[C@@H]4[C@@H]3C[C@H]3C(=O)N(C4CCCCC4)C(=O)[C@@H]23)cc1O. The number of carbonyl (C=O) groups is 4. The van der Waals surface area contributed by atoms with Crippen LogP contribution in [0.4, 0.5) is 0 Å². The molecule has 1 aromatic rings. The van der Waals surface area contributed by atoms with Crippen molar-refractivity contribution in [1.82, 2.24) is 9.80 Å². The number of methoxy groups -OCH3 is 1. The molecule has 6 aliphatic rings. The molecule has 4 aliphatic carbocycles. The summed E-state index contributed by atoms with van der Waals surface area (Å²) in [6.45, 7) is 0. The number of rotatable bonds is 4. The summed E-state index contributed by atoms with van der Waals surface area (Å²) in [4.78, 5) is 59.2. The van der Waals surface area contributed by atoms with Crippen LogP contribution in [0.1, 0.15) is 88.5 Å². The summed E-state index contributed by atoms with van der Waals surface area (Å²) in [5.41, 5.74) is 1.73. The number of fused-ring (bicyclic) bond motifs is 4. The minimum atomic E-state index is -0.571. The third-order valence-corrected chi connectivity index (χ3v) is 11.2. The Hall–Kier alpha value is -3.16. The first-order chi connectivity index (χ1) is 19.9. The van der Waals surface area contributed by atoms with E-state index >= 15 is 0 Å². The highest BCUT2D eigenvalue weighted by molar-refractivity contribution is 6.08. The molecule has 2 heterocycles. The van der Waals surface area contributed by atoms with Gasteiger partial charge in [-0.05, 0) is 62.1 Å². The average Bonchev–Trinajstić information content (AvgIpc) is 3.40. The van der Waals surface area contributed by atoms with Gasteiger partial charge >= 0.3 is 0 Å². The highest BCUT2D eigenvalue weighted by Crippen LogP contribution is 2.59. The number of benzene rings is 1. The van der Waals surface area contributed by atoms with E-state index in [0.717, 1.165) is 75.3 Å². The van der Waals surface area contributed by atoms with Gasteiger partial charge in [-0.25, -0.2) is 0 Å². The van der Waals surface area contributed by atoms with Gasteiger partial charge in [0.25, 0.3) is 0 Å². The quantitative estimate of drug-likeness (QED) is 0.423. The van der Waals surface area contributed by atoms with Gasteiger partial charge in [0, 0.05) is 18.0 Å². The van der Waals surface area contributed by atoms with E-state index in [9.17, 15) is 24.3 Å². The van der Waals surface area contributed by atoms with Gasteiger partial charge in [0.2, 0.25) is 23.6 Å². The summed E-state index contributed by atoms with van der Waals surface area (Å²) < 4.78 is 5.29. The molecule has 2 saturated heterocycles. The average molecular weight is 561 g/mol. The van der Waals surface area contributed by atoms with Crippen LogP contribution in [-0.4, -0.2) is 57.7 Å². The number of phenolic OH excluding ortho intramolecular Hbond substituents is 1. The van der Waals surface area contributed by atoms with Gasteiger partial charge in [0.05, 0.1) is 30.8 Å². The maximum atomic E-state index is 14.2. The van der Waals surface area contributed by atoms with Crippen molar-refractivity contribution in [3.05, 3.63) is 35.4 Å². The van der Waals surface area contributed by atoms with Gasteiger partial charge in [-0.15, -0.1) is 0 Å². The lowest BCUT2D eigenvalue weighted by Crippen LogP contribution is -2.44. The van der Waals surface area contributed by atoms with E-state index in [0.29, 0.717) is 18.6 Å². The van der Waals surface area contributed by atoms with Crippen LogP contribution in [0.25, 0.3) is 0 Å². The van der Waals surface area contributed by atoms with Crippen molar-refractivity contribution in [3.8, 4) is 11.5 Å². The number of hydrogen-bond acceptors (Lipinski definition) is 6. The number of phenols is 1. The fourth-order valence-corrected chi connectivity index (χ4v) is 9.31. The number of carbonyl (C=O) groups excluding carboxylic acids is 4. The largest absolute Gasteiger partial charge is 0.504 e. The molecule has 218 valence electrons. The third-order valence-electron chi connectivity index (χ3n) is 11.2. The second-order valence-corrected chi connectivity index (χ2v) is 13.1. The Morgan fingerprint density at radius 1 is 0.732 bits per heavy atom. The van der Waals surface area contributed by atoms with Crippen molar-refractivity contribution >= 4 is 23.6 Å². The predicted molar refractivity (Wildman–Crippen MR) is 150 cm³/mol. The monoisotopic (exact) mass is 560 g/mol. The Morgan fingerprint density at radius 3 is 1.90 bits per heavy atom. The molecule has 8 heteroatoms. The zero-order valence-electron chi connectivity index (χ0n) is 23.8. The Balaban J connectivity index is 1.29. The Kier molecular flexibility index (Phi) is 6.70. The number of hydrogen-bond donors (Lipinski definition) is 1. The molecular weight excluding hydrogens is 520 g/mol. The molecule has 4 amide bonds. The molecule has 7 rings (SSSR count). The molecule has 6 atom stereocenters. The standard InChI is InChI=1S/C33H40N2O6/c1-41-26-15-12-18(16-25(26)36)27-21-13-14-22-28(32(39)34(30(22)37)19-8-4-2-5-9-19)23(21)17-24-29(27)33(40)35(31(24)38)20-10-6-3-7-11-20/h12-13,15-16,19-20,22-24,27-29,36H,2-11,14,17H2,1H3/t22-,23+,24+,27-,28-,29+/m0/s1. The summed E-state index contributed by atoms with van der Waals surface area (Å²) >= 11 is 0. The van der Waals surface area contributed by atoms with Crippen LogP contribution in [0.3, 0.4) is 0 Å².